The SMILES string of the molecule is Cc1ncsc1-c1ccc([C@H](C)NC(=O)[C@@H]2C[C@@H](O)CN2C(=O)[C@@H](NC(=O)CCCCNC(=O)C23CC4CC(CC(Cn5ncc(-c6ccc(N7CCc8cccc(C(=O)Nc9nc%10ccccc%10s9)c8C7)nc6C(=O)O)c5C)(C4)C2)C3)C(C)(C)C)cc1. The highest BCUT2D eigenvalue weighted by molar-refractivity contribution is 7.22. The number of carbonyl (C=O) groups is 6. The molecule has 88 heavy (non-hydrogen) atoms. The van der Waals surface area contributed by atoms with Crippen LogP contribution in [0.5, 0.6) is 0 Å². The van der Waals surface area contributed by atoms with Crippen molar-refractivity contribution in [2.45, 2.75) is 149 Å². The highest BCUT2D eigenvalue weighted by Crippen LogP contribution is 2.66. The summed E-state index contributed by atoms with van der Waals surface area (Å²) in [6.07, 6.45) is 8.27. The summed E-state index contributed by atoms with van der Waals surface area (Å²) >= 11 is 2.99. The molecule has 4 aromatic heterocycles. The van der Waals surface area contributed by atoms with E-state index in [-0.39, 0.29) is 60.2 Å². The number of fused-ring (bicyclic) bond motifs is 2. The summed E-state index contributed by atoms with van der Waals surface area (Å²) in [5.74, 6) is -1.12. The number of aliphatic hydroxyl groups is 1. The number of anilines is 2. The number of carboxylic acid groups (broad SMARTS) is 1. The Morgan fingerprint density at radius 3 is 2.36 bits per heavy atom. The molecule has 4 aliphatic carbocycles. The van der Waals surface area contributed by atoms with Crippen LogP contribution in [0.25, 0.3) is 31.8 Å². The number of carboxylic acids is 1. The number of likely N-dealkylation sites (tertiary alicyclic amines) is 1. The van der Waals surface area contributed by atoms with E-state index >= 15 is 0 Å². The van der Waals surface area contributed by atoms with Crippen LogP contribution in [0, 0.1) is 41.9 Å². The fourth-order valence-corrected chi connectivity index (χ4v) is 16.9. The van der Waals surface area contributed by atoms with Gasteiger partial charge in [0.1, 0.15) is 17.9 Å². The Bertz CT molecular complexity index is 3800. The number of β-amino-alcohol motifs (C(OH)–C–C–N with tert-alkyl or cyclic N) is 1. The molecule has 3 aromatic carbocycles. The maximum Gasteiger partial charge on any atom is 0.355 e. The first-order valence-corrected chi connectivity index (χ1v) is 32.5. The molecule has 4 bridgehead atoms. The van der Waals surface area contributed by atoms with Gasteiger partial charge in [0.2, 0.25) is 23.6 Å². The number of hydrogen-bond donors (Lipinski definition) is 6. The third kappa shape index (κ3) is 12.2. The summed E-state index contributed by atoms with van der Waals surface area (Å²) in [5.41, 5.74) is 8.52. The van der Waals surface area contributed by atoms with E-state index < -0.39 is 40.9 Å². The Labute approximate surface area is 520 Å². The Hall–Kier alpha value is -7.88. The van der Waals surface area contributed by atoms with Crippen LogP contribution in [0.1, 0.15) is 147 Å². The number of aryl methyl sites for hydroxylation is 1. The van der Waals surface area contributed by atoms with E-state index in [0.29, 0.717) is 84.9 Å². The number of benzene rings is 3. The van der Waals surface area contributed by atoms with Crippen molar-refractivity contribution in [3.63, 3.8) is 0 Å². The number of nitrogens with one attached hydrogen (secondary N) is 4. The first-order chi connectivity index (χ1) is 42.1. The number of amides is 5. The molecule has 6 atom stereocenters. The molecular weight excluding hydrogens is 1150 g/mol. The van der Waals surface area contributed by atoms with Gasteiger partial charge in [-0.05, 0) is 154 Å². The van der Waals surface area contributed by atoms with E-state index in [2.05, 4.69) is 31.2 Å². The van der Waals surface area contributed by atoms with Gasteiger partial charge in [0.05, 0.1) is 50.1 Å². The molecule has 5 amide bonds. The van der Waals surface area contributed by atoms with Gasteiger partial charge in [-0.1, -0.05) is 80.6 Å². The zero-order valence-electron chi connectivity index (χ0n) is 50.7. The first kappa shape index (κ1) is 60.4. The number of unbranched alkanes of at least 4 members (excludes halogenated alkanes) is 1. The Morgan fingerprint density at radius 1 is 0.864 bits per heavy atom. The van der Waals surface area contributed by atoms with Crippen LogP contribution >= 0.6 is 22.7 Å². The van der Waals surface area contributed by atoms with Crippen LogP contribution in [0.2, 0.25) is 0 Å². The highest BCUT2D eigenvalue weighted by Gasteiger charge is 2.60. The Kier molecular flexibility index (Phi) is 16.6. The topological polar surface area (TPSA) is 254 Å². The molecule has 6 heterocycles. The lowest BCUT2D eigenvalue weighted by molar-refractivity contribution is -0.159. The van der Waals surface area contributed by atoms with Gasteiger partial charge in [0.25, 0.3) is 5.91 Å². The summed E-state index contributed by atoms with van der Waals surface area (Å²) in [4.78, 5) is 101. The minimum atomic E-state index is -1.15. The molecule has 1 saturated heterocycles. The van der Waals surface area contributed by atoms with Gasteiger partial charge in [-0.3, -0.25) is 34.0 Å². The zero-order chi connectivity index (χ0) is 61.8. The zero-order valence-corrected chi connectivity index (χ0v) is 52.4. The number of aliphatic hydroxyl groups excluding tert-OH is 1. The predicted molar refractivity (Wildman–Crippen MR) is 339 cm³/mol. The summed E-state index contributed by atoms with van der Waals surface area (Å²) in [5, 5.41) is 39.2. The van der Waals surface area contributed by atoms with Crippen molar-refractivity contribution in [1.29, 1.82) is 0 Å². The molecular formula is C67H77N11O8S2. The van der Waals surface area contributed by atoms with Crippen molar-refractivity contribution in [3.8, 4) is 21.6 Å². The quantitative estimate of drug-likeness (QED) is 0.0413. The molecule has 6 aliphatic rings. The lowest BCUT2D eigenvalue weighted by Gasteiger charge is -2.61. The first-order valence-electron chi connectivity index (χ1n) is 30.8. The summed E-state index contributed by atoms with van der Waals surface area (Å²) in [7, 11) is 0. The van der Waals surface area contributed by atoms with Crippen LogP contribution < -0.4 is 26.2 Å². The van der Waals surface area contributed by atoms with Crippen molar-refractivity contribution in [1.82, 2.24) is 45.6 Å². The van der Waals surface area contributed by atoms with E-state index in [9.17, 15) is 39.0 Å². The third-order valence-electron chi connectivity index (χ3n) is 19.2. The number of para-hydroxylation sites is 1. The second-order valence-corrected chi connectivity index (χ2v) is 28.4. The molecule has 0 radical (unpaired) electrons. The Morgan fingerprint density at radius 2 is 1.64 bits per heavy atom. The van der Waals surface area contributed by atoms with Gasteiger partial charge in [-0.15, -0.1) is 11.3 Å². The lowest BCUT2D eigenvalue weighted by atomic mass is 9.44. The minimum Gasteiger partial charge on any atom is -0.476 e. The number of carbonyl (C=O) groups excluding carboxylic acids is 5. The normalized spacial score (nSPS) is 22.7. The molecule has 5 fully saturated rings. The Balaban J connectivity index is 0.642. The average molecular weight is 1230 g/mol. The maximum atomic E-state index is 14.5. The van der Waals surface area contributed by atoms with E-state index in [1.807, 2.05) is 135 Å². The number of thiazole rings is 2. The van der Waals surface area contributed by atoms with Crippen molar-refractivity contribution in [2.75, 3.05) is 29.9 Å². The van der Waals surface area contributed by atoms with E-state index in [4.69, 9.17) is 10.1 Å². The highest BCUT2D eigenvalue weighted by atomic mass is 32.1. The lowest BCUT2D eigenvalue weighted by Crippen LogP contribution is -2.58. The van der Waals surface area contributed by atoms with Crippen LogP contribution in [0.15, 0.2) is 90.6 Å². The molecule has 7 aromatic rings. The van der Waals surface area contributed by atoms with Gasteiger partial charge >= 0.3 is 5.97 Å². The molecule has 19 nitrogen and oxygen atoms in total. The monoisotopic (exact) mass is 1230 g/mol. The van der Waals surface area contributed by atoms with Crippen LogP contribution in [0.4, 0.5) is 10.9 Å². The average Bonchev–Trinajstić information content (AvgIpc) is 1.33. The van der Waals surface area contributed by atoms with Crippen LogP contribution in [-0.2, 0) is 38.7 Å². The van der Waals surface area contributed by atoms with E-state index in [1.54, 1.807) is 17.5 Å². The third-order valence-corrected chi connectivity index (χ3v) is 21.1. The number of aromatic carboxylic acids is 1. The second-order valence-electron chi connectivity index (χ2n) is 26.6. The van der Waals surface area contributed by atoms with Gasteiger partial charge in [-0.2, -0.15) is 5.10 Å². The van der Waals surface area contributed by atoms with E-state index in [0.717, 1.165) is 87.3 Å². The van der Waals surface area contributed by atoms with Crippen molar-refractivity contribution >= 4 is 79.3 Å². The van der Waals surface area contributed by atoms with Gasteiger partial charge < -0.3 is 36.0 Å². The summed E-state index contributed by atoms with van der Waals surface area (Å²) < 4.78 is 2.98. The fraction of sp³-hybridized carbons (Fsp3) is 0.463. The predicted octanol–water partition coefficient (Wildman–Crippen LogP) is 10.1. The largest absolute Gasteiger partial charge is 0.476 e. The van der Waals surface area contributed by atoms with E-state index in [1.165, 1.54) is 16.2 Å². The maximum absolute atomic E-state index is 14.5. The van der Waals surface area contributed by atoms with Gasteiger partial charge in [0, 0.05) is 67.9 Å². The molecule has 0 spiro atoms. The van der Waals surface area contributed by atoms with Crippen LogP contribution in [0.3, 0.4) is 0 Å². The summed E-state index contributed by atoms with van der Waals surface area (Å²) in [6, 6.07) is 22.9. The summed E-state index contributed by atoms with van der Waals surface area (Å²) in [6.45, 7) is 13.4. The molecule has 21 heteroatoms. The number of pyridine rings is 1. The molecule has 2 aliphatic heterocycles. The molecule has 6 N–H and O–H groups in total. The second kappa shape index (κ2) is 24.2. The van der Waals surface area contributed by atoms with Gasteiger partial charge in [-0.25, -0.2) is 19.7 Å². The number of hydrogen-bond acceptors (Lipinski definition) is 14. The van der Waals surface area contributed by atoms with Crippen molar-refractivity contribution in [3.05, 3.63) is 130 Å². The fourth-order valence-electron chi connectivity index (χ4n) is 15.2. The number of nitrogens with zero attached hydrogens (tertiary/aromatic N) is 7. The minimum absolute atomic E-state index is 0.0231. The molecule has 460 valence electrons. The standard InChI is InChI=1S/C67H77N11O8S2/c1-38(43-17-19-45(20-18-43)57-39(2)69-37-87-57)71-60(82)52-27-46(79)33-77(52)61(83)58(65(4,5)6)74-55(80)16-9-10-24-68-63(86)67-30-41-26-42(31-67)29-66(28-41,35-67)36-78-40(3)49(32-70-78)47-21-22-54(73-56(47)62(84)85)76-25-23-44-12-11-13-48(50(44)34-76)59(81)75-64-72-51-14-7-8-15-53(51)88-64/h7-8,11-15,17-22,32,37-38,41-42,46,52,58,79H,9-10,16,23-31,33-36H2,1-6H3,(H,68,86)(H,71,82)(H,74,80)(H,84,85)(H,72,75,81)/t38-,41?,42?,46+,52-,58+,66?,67?/m0/s1. The van der Waals surface area contributed by atoms with Crippen LogP contribution in [-0.4, -0.2) is 113 Å². The molecule has 13 rings (SSSR count). The molecule has 4 saturated carbocycles. The smallest absolute Gasteiger partial charge is 0.355 e. The number of aromatic nitrogens is 5. The van der Waals surface area contributed by atoms with Crippen molar-refractivity contribution < 1.29 is 39.0 Å². The van der Waals surface area contributed by atoms with Gasteiger partial charge in [0.15, 0.2) is 10.8 Å². The molecule has 2 unspecified atom stereocenters. The van der Waals surface area contributed by atoms with Crippen molar-refractivity contribution in [2.24, 2.45) is 28.1 Å². The number of rotatable bonds is 19.